The van der Waals surface area contributed by atoms with Crippen molar-refractivity contribution < 1.29 is 18.0 Å². The Hall–Kier alpha value is -0.750. The van der Waals surface area contributed by atoms with E-state index in [0.29, 0.717) is 11.1 Å². The van der Waals surface area contributed by atoms with Crippen LogP contribution in [0.3, 0.4) is 0 Å². The van der Waals surface area contributed by atoms with Crippen LogP contribution in [0.2, 0.25) is 0 Å². The molecule has 96 valence electrons. The maximum Gasteiger partial charge on any atom is 0.406 e. The van der Waals surface area contributed by atoms with Crippen molar-refractivity contribution in [2.24, 2.45) is 0 Å². The SMILES string of the molecule is Cc1cscc1C(=O)N(CCCl)CC(F)(F)F. The summed E-state index contributed by atoms with van der Waals surface area (Å²) >= 11 is 6.70. The molecule has 0 bridgehead atoms. The van der Waals surface area contributed by atoms with Gasteiger partial charge < -0.3 is 4.90 Å². The van der Waals surface area contributed by atoms with Crippen LogP contribution in [-0.4, -0.2) is 36.0 Å². The fourth-order valence-corrected chi connectivity index (χ4v) is 2.35. The molecule has 17 heavy (non-hydrogen) atoms. The quantitative estimate of drug-likeness (QED) is 0.777. The molecule has 0 aliphatic heterocycles. The first-order valence-electron chi connectivity index (χ1n) is 4.80. The van der Waals surface area contributed by atoms with Gasteiger partial charge in [-0.05, 0) is 17.9 Å². The van der Waals surface area contributed by atoms with Gasteiger partial charge in [0, 0.05) is 17.8 Å². The van der Waals surface area contributed by atoms with Crippen LogP contribution >= 0.6 is 22.9 Å². The van der Waals surface area contributed by atoms with Crippen molar-refractivity contribution in [2.75, 3.05) is 19.0 Å². The predicted molar refractivity (Wildman–Crippen MR) is 61.7 cm³/mol. The molecule has 0 spiro atoms. The van der Waals surface area contributed by atoms with Crippen LogP contribution in [0.1, 0.15) is 15.9 Å². The molecule has 1 aromatic heterocycles. The zero-order chi connectivity index (χ0) is 13.1. The molecule has 0 aliphatic carbocycles. The van der Waals surface area contributed by atoms with Crippen LogP contribution in [0.25, 0.3) is 0 Å². The number of carbonyl (C=O) groups is 1. The van der Waals surface area contributed by atoms with E-state index in [1.165, 1.54) is 11.3 Å². The summed E-state index contributed by atoms with van der Waals surface area (Å²) in [4.78, 5) is 12.6. The van der Waals surface area contributed by atoms with Gasteiger partial charge in [0.25, 0.3) is 5.91 Å². The first-order chi connectivity index (χ1) is 7.85. The summed E-state index contributed by atoms with van der Waals surface area (Å²) in [7, 11) is 0. The van der Waals surface area contributed by atoms with Crippen LogP contribution < -0.4 is 0 Å². The van der Waals surface area contributed by atoms with Gasteiger partial charge in [0.2, 0.25) is 0 Å². The number of hydrogen-bond acceptors (Lipinski definition) is 2. The van der Waals surface area contributed by atoms with Gasteiger partial charge in [-0.2, -0.15) is 24.5 Å². The lowest BCUT2D eigenvalue weighted by Gasteiger charge is -2.23. The van der Waals surface area contributed by atoms with E-state index in [9.17, 15) is 18.0 Å². The van der Waals surface area contributed by atoms with E-state index in [0.717, 1.165) is 4.90 Å². The maximum atomic E-state index is 12.3. The van der Waals surface area contributed by atoms with Crippen molar-refractivity contribution in [3.63, 3.8) is 0 Å². The Balaban J connectivity index is 2.84. The van der Waals surface area contributed by atoms with E-state index in [2.05, 4.69) is 0 Å². The molecule has 7 heteroatoms. The molecule has 0 aliphatic rings. The third kappa shape index (κ3) is 4.20. The van der Waals surface area contributed by atoms with Crippen molar-refractivity contribution >= 4 is 28.8 Å². The fourth-order valence-electron chi connectivity index (χ4n) is 1.32. The molecule has 0 saturated heterocycles. The molecule has 0 aromatic carbocycles. The molecule has 0 unspecified atom stereocenters. The van der Waals surface area contributed by atoms with Gasteiger partial charge in [-0.15, -0.1) is 11.6 Å². The third-order valence-corrected chi connectivity index (χ3v) is 3.13. The molecule has 0 fully saturated rings. The smallest absolute Gasteiger partial charge is 0.328 e. The van der Waals surface area contributed by atoms with Gasteiger partial charge in [-0.25, -0.2) is 0 Å². The molecule has 2 nitrogen and oxygen atoms in total. The van der Waals surface area contributed by atoms with Gasteiger partial charge in [0.1, 0.15) is 6.54 Å². The van der Waals surface area contributed by atoms with Crippen LogP contribution in [0.15, 0.2) is 10.8 Å². The molecule has 1 aromatic rings. The highest BCUT2D eigenvalue weighted by Crippen LogP contribution is 2.21. The summed E-state index contributed by atoms with van der Waals surface area (Å²) in [6.45, 7) is 0.305. The lowest BCUT2D eigenvalue weighted by molar-refractivity contribution is -0.140. The Bertz CT molecular complexity index is 391. The zero-order valence-electron chi connectivity index (χ0n) is 9.05. The molecular formula is C10H11ClF3NOS. The van der Waals surface area contributed by atoms with Crippen molar-refractivity contribution in [1.29, 1.82) is 0 Å². The fraction of sp³-hybridized carbons (Fsp3) is 0.500. The maximum absolute atomic E-state index is 12.3. The number of alkyl halides is 4. The number of amides is 1. The minimum Gasteiger partial charge on any atom is -0.328 e. The number of carbonyl (C=O) groups excluding carboxylic acids is 1. The first kappa shape index (κ1) is 14.3. The highest BCUT2D eigenvalue weighted by Gasteiger charge is 2.33. The molecular weight excluding hydrogens is 275 g/mol. The minimum absolute atomic E-state index is 0.0228. The molecule has 0 atom stereocenters. The summed E-state index contributed by atoms with van der Waals surface area (Å²) in [5.74, 6) is -0.646. The van der Waals surface area contributed by atoms with Crippen LogP contribution in [0, 0.1) is 6.92 Å². The van der Waals surface area contributed by atoms with Gasteiger partial charge in [-0.1, -0.05) is 0 Å². The normalized spacial score (nSPS) is 11.6. The molecule has 1 amide bonds. The van der Waals surface area contributed by atoms with Crippen LogP contribution in [-0.2, 0) is 0 Å². The lowest BCUT2D eigenvalue weighted by atomic mass is 10.2. The van der Waals surface area contributed by atoms with E-state index in [1.807, 2.05) is 0 Å². The second kappa shape index (κ2) is 5.73. The second-order valence-electron chi connectivity index (χ2n) is 3.50. The van der Waals surface area contributed by atoms with E-state index in [4.69, 9.17) is 11.6 Å². The summed E-state index contributed by atoms with van der Waals surface area (Å²) in [6.07, 6.45) is -4.41. The number of hydrogen-bond donors (Lipinski definition) is 0. The Labute approximate surface area is 106 Å². The van der Waals surface area contributed by atoms with Gasteiger partial charge in [0.15, 0.2) is 0 Å². The second-order valence-corrected chi connectivity index (χ2v) is 4.62. The van der Waals surface area contributed by atoms with E-state index in [1.54, 1.807) is 17.7 Å². The van der Waals surface area contributed by atoms with Crippen LogP contribution in [0.5, 0.6) is 0 Å². The lowest BCUT2D eigenvalue weighted by Crippen LogP contribution is -2.40. The van der Waals surface area contributed by atoms with Gasteiger partial charge >= 0.3 is 6.18 Å². The number of aryl methyl sites for hydroxylation is 1. The predicted octanol–water partition coefficient (Wildman–Crippen LogP) is 3.30. The average Bonchev–Trinajstić information content (AvgIpc) is 2.61. The van der Waals surface area contributed by atoms with Crippen molar-refractivity contribution in [3.8, 4) is 0 Å². The first-order valence-corrected chi connectivity index (χ1v) is 6.27. The molecule has 1 rings (SSSR count). The molecule has 0 N–H and O–H groups in total. The van der Waals surface area contributed by atoms with E-state index < -0.39 is 18.6 Å². The number of thiophene rings is 1. The molecule has 0 radical (unpaired) electrons. The van der Waals surface area contributed by atoms with Crippen molar-refractivity contribution in [1.82, 2.24) is 4.90 Å². The number of rotatable bonds is 4. The van der Waals surface area contributed by atoms with Crippen molar-refractivity contribution in [2.45, 2.75) is 13.1 Å². The van der Waals surface area contributed by atoms with Gasteiger partial charge in [-0.3, -0.25) is 4.79 Å². The highest BCUT2D eigenvalue weighted by molar-refractivity contribution is 7.08. The van der Waals surface area contributed by atoms with Gasteiger partial charge in [0.05, 0.1) is 5.56 Å². The summed E-state index contributed by atoms with van der Waals surface area (Å²) < 4.78 is 36.9. The largest absolute Gasteiger partial charge is 0.406 e. The van der Waals surface area contributed by atoms with E-state index >= 15 is 0 Å². The molecule has 1 heterocycles. The Morgan fingerprint density at radius 3 is 2.53 bits per heavy atom. The average molecular weight is 286 g/mol. The zero-order valence-corrected chi connectivity index (χ0v) is 10.6. The molecule has 0 saturated carbocycles. The highest BCUT2D eigenvalue weighted by atomic mass is 35.5. The van der Waals surface area contributed by atoms with Crippen LogP contribution in [0.4, 0.5) is 13.2 Å². The van der Waals surface area contributed by atoms with E-state index in [-0.39, 0.29) is 12.4 Å². The number of halogens is 4. The standard InChI is InChI=1S/C10H11ClF3NOS/c1-7-4-17-5-8(7)9(16)15(3-2-11)6-10(12,13)14/h4-5H,2-3,6H2,1H3. The minimum atomic E-state index is -4.41. The third-order valence-electron chi connectivity index (χ3n) is 2.10. The number of nitrogens with zero attached hydrogens (tertiary/aromatic N) is 1. The Morgan fingerprint density at radius 2 is 2.12 bits per heavy atom. The monoisotopic (exact) mass is 285 g/mol. The topological polar surface area (TPSA) is 20.3 Å². The summed E-state index contributed by atoms with van der Waals surface area (Å²) in [6, 6.07) is 0. The summed E-state index contributed by atoms with van der Waals surface area (Å²) in [5.41, 5.74) is 0.992. The Kier molecular flexibility index (Phi) is 4.82. The Morgan fingerprint density at radius 1 is 1.47 bits per heavy atom. The van der Waals surface area contributed by atoms with Crippen molar-refractivity contribution in [3.05, 3.63) is 21.9 Å². The summed E-state index contributed by atoms with van der Waals surface area (Å²) in [5, 5.41) is 3.27.